The fourth-order valence-electron chi connectivity index (χ4n) is 1.75. The van der Waals surface area contributed by atoms with Crippen molar-refractivity contribution in [2.75, 3.05) is 0 Å². The third-order valence-corrected chi connectivity index (χ3v) is 2.94. The molecule has 2 nitrogen and oxygen atoms in total. The average molecular weight is 247 g/mol. The van der Waals surface area contributed by atoms with Gasteiger partial charge in [0.25, 0.3) is 0 Å². The van der Waals surface area contributed by atoms with E-state index in [1.54, 1.807) is 6.07 Å². The summed E-state index contributed by atoms with van der Waals surface area (Å²) in [5.41, 5.74) is 2.70. The molecule has 0 aliphatic rings. The Morgan fingerprint density at radius 3 is 2.41 bits per heavy atom. The molecule has 2 aromatic carbocycles. The monoisotopic (exact) mass is 246 g/mol. The Balaban J connectivity index is 2.67. The van der Waals surface area contributed by atoms with Crippen molar-refractivity contribution < 1.29 is 9.90 Å². The van der Waals surface area contributed by atoms with Gasteiger partial charge in [0.15, 0.2) is 0 Å². The van der Waals surface area contributed by atoms with Gasteiger partial charge in [0.1, 0.15) is 0 Å². The minimum Gasteiger partial charge on any atom is -0.478 e. The van der Waals surface area contributed by atoms with Crippen molar-refractivity contribution in [1.82, 2.24) is 0 Å². The molecular weight excluding hydrogens is 236 g/mol. The predicted octanol–water partition coefficient (Wildman–Crippen LogP) is 4.01. The van der Waals surface area contributed by atoms with E-state index in [0.29, 0.717) is 0 Å². The SMILES string of the molecule is Cc1cc(C(=O)O)c(Cl)c(-c2ccccc2)c1. The van der Waals surface area contributed by atoms with Gasteiger partial charge in [0.2, 0.25) is 0 Å². The lowest BCUT2D eigenvalue weighted by atomic mass is 10.00. The Morgan fingerprint density at radius 2 is 1.82 bits per heavy atom. The number of carboxylic acids is 1. The summed E-state index contributed by atoms with van der Waals surface area (Å²) < 4.78 is 0. The van der Waals surface area contributed by atoms with Gasteiger partial charge in [-0.2, -0.15) is 0 Å². The third-order valence-electron chi connectivity index (χ3n) is 2.53. The van der Waals surface area contributed by atoms with Gasteiger partial charge >= 0.3 is 5.97 Å². The van der Waals surface area contributed by atoms with Gasteiger partial charge in [-0.3, -0.25) is 0 Å². The molecule has 0 heterocycles. The molecule has 3 heteroatoms. The summed E-state index contributed by atoms with van der Waals surface area (Å²) in [6.45, 7) is 1.86. The van der Waals surface area contributed by atoms with Gasteiger partial charge in [-0.05, 0) is 30.2 Å². The zero-order valence-electron chi connectivity index (χ0n) is 9.27. The van der Waals surface area contributed by atoms with E-state index < -0.39 is 5.97 Å². The zero-order valence-corrected chi connectivity index (χ0v) is 10.0. The van der Waals surface area contributed by atoms with Gasteiger partial charge in [0.05, 0.1) is 10.6 Å². The molecule has 0 saturated carbocycles. The van der Waals surface area contributed by atoms with E-state index in [-0.39, 0.29) is 10.6 Å². The Morgan fingerprint density at radius 1 is 1.18 bits per heavy atom. The van der Waals surface area contributed by atoms with Crippen molar-refractivity contribution in [3.8, 4) is 11.1 Å². The Bertz CT molecular complexity index is 562. The average Bonchev–Trinajstić information content (AvgIpc) is 2.32. The highest BCUT2D eigenvalue weighted by molar-refractivity contribution is 6.36. The molecule has 0 spiro atoms. The molecule has 1 N–H and O–H groups in total. The number of rotatable bonds is 2. The molecule has 0 aliphatic carbocycles. The van der Waals surface area contributed by atoms with Crippen LogP contribution in [0.4, 0.5) is 0 Å². The molecule has 2 rings (SSSR count). The maximum absolute atomic E-state index is 11.1. The third kappa shape index (κ3) is 2.32. The summed E-state index contributed by atoms with van der Waals surface area (Å²) in [5.74, 6) is -1.00. The number of carboxylic acid groups (broad SMARTS) is 1. The number of aryl methyl sites for hydroxylation is 1. The lowest BCUT2D eigenvalue weighted by molar-refractivity contribution is 0.0697. The second-order valence-electron chi connectivity index (χ2n) is 3.85. The molecule has 0 fully saturated rings. The molecule has 2 aromatic rings. The molecule has 0 saturated heterocycles. The Labute approximate surface area is 104 Å². The van der Waals surface area contributed by atoms with E-state index in [1.807, 2.05) is 43.3 Å². The lowest BCUT2D eigenvalue weighted by Crippen LogP contribution is -1.99. The summed E-state index contributed by atoms with van der Waals surface area (Å²) in [6, 6.07) is 13.0. The van der Waals surface area contributed by atoms with Crippen LogP contribution in [0, 0.1) is 6.92 Å². The standard InChI is InChI=1S/C14H11ClO2/c1-9-7-11(10-5-3-2-4-6-10)13(15)12(8-9)14(16)17/h2-8H,1H3,(H,16,17). The van der Waals surface area contributed by atoms with Gasteiger partial charge in [0, 0.05) is 5.56 Å². The van der Waals surface area contributed by atoms with Crippen LogP contribution in [0.5, 0.6) is 0 Å². The van der Waals surface area contributed by atoms with Crippen LogP contribution in [0.15, 0.2) is 42.5 Å². The van der Waals surface area contributed by atoms with Gasteiger partial charge in [-0.25, -0.2) is 4.79 Å². The Kier molecular flexibility index (Phi) is 3.16. The summed E-state index contributed by atoms with van der Waals surface area (Å²) in [4.78, 5) is 11.1. The smallest absolute Gasteiger partial charge is 0.337 e. The molecule has 0 bridgehead atoms. The first-order valence-corrected chi connectivity index (χ1v) is 5.56. The number of benzene rings is 2. The second kappa shape index (κ2) is 4.60. The summed E-state index contributed by atoms with van der Waals surface area (Å²) in [6.07, 6.45) is 0. The number of hydrogen-bond acceptors (Lipinski definition) is 1. The summed E-state index contributed by atoms with van der Waals surface area (Å²) in [5, 5.41) is 9.36. The highest BCUT2D eigenvalue weighted by atomic mass is 35.5. The molecule has 0 radical (unpaired) electrons. The van der Waals surface area contributed by atoms with Gasteiger partial charge < -0.3 is 5.11 Å². The molecule has 17 heavy (non-hydrogen) atoms. The highest BCUT2D eigenvalue weighted by Gasteiger charge is 2.14. The van der Waals surface area contributed by atoms with Crippen molar-refractivity contribution in [1.29, 1.82) is 0 Å². The van der Waals surface area contributed by atoms with Crippen molar-refractivity contribution in [3.63, 3.8) is 0 Å². The number of halogens is 1. The quantitative estimate of drug-likeness (QED) is 0.869. The van der Waals surface area contributed by atoms with Crippen LogP contribution in [-0.4, -0.2) is 11.1 Å². The molecular formula is C14H11ClO2. The van der Waals surface area contributed by atoms with E-state index in [2.05, 4.69) is 0 Å². The van der Waals surface area contributed by atoms with E-state index in [0.717, 1.165) is 16.7 Å². The van der Waals surface area contributed by atoms with E-state index in [4.69, 9.17) is 16.7 Å². The van der Waals surface area contributed by atoms with Crippen LogP contribution in [0.3, 0.4) is 0 Å². The minimum absolute atomic E-state index is 0.144. The maximum atomic E-state index is 11.1. The second-order valence-corrected chi connectivity index (χ2v) is 4.22. The van der Waals surface area contributed by atoms with E-state index in [1.165, 1.54) is 0 Å². The normalized spacial score (nSPS) is 10.2. The van der Waals surface area contributed by atoms with Crippen LogP contribution in [0.25, 0.3) is 11.1 Å². The van der Waals surface area contributed by atoms with E-state index in [9.17, 15) is 4.79 Å². The minimum atomic E-state index is -1.00. The number of hydrogen-bond donors (Lipinski definition) is 1. The zero-order chi connectivity index (χ0) is 12.4. The predicted molar refractivity (Wildman–Crippen MR) is 68.6 cm³/mol. The van der Waals surface area contributed by atoms with Crippen molar-refractivity contribution in [2.45, 2.75) is 6.92 Å². The first-order valence-electron chi connectivity index (χ1n) is 5.18. The molecule has 0 amide bonds. The topological polar surface area (TPSA) is 37.3 Å². The van der Waals surface area contributed by atoms with Crippen LogP contribution in [0.2, 0.25) is 5.02 Å². The fraction of sp³-hybridized carbons (Fsp3) is 0.0714. The lowest BCUT2D eigenvalue weighted by Gasteiger charge is -2.09. The summed E-state index contributed by atoms with van der Waals surface area (Å²) >= 11 is 6.13. The maximum Gasteiger partial charge on any atom is 0.337 e. The summed E-state index contributed by atoms with van der Waals surface area (Å²) in [7, 11) is 0. The molecule has 86 valence electrons. The van der Waals surface area contributed by atoms with Crippen LogP contribution in [-0.2, 0) is 0 Å². The van der Waals surface area contributed by atoms with Crippen molar-refractivity contribution >= 4 is 17.6 Å². The molecule has 0 aliphatic heterocycles. The Hall–Kier alpha value is -1.80. The van der Waals surface area contributed by atoms with Crippen LogP contribution >= 0.6 is 11.6 Å². The number of carbonyl (C=O) groups is 1. The first-order chi connectivity index (χ1) is 8.09. The van der Waals surface area contributed by atoms with E-state index >= 15 is 0 Å². The van der Waals surface area contributed by atoms with Crippen LogP contribution < -0.4 is 0 Å². The van der Waals surface area contributed by atoms with Gasteiger partial charge in [-0.15, -0.1) is 0 Å². The van der Waals surface area contributed by atoms with Crippen LogP contribution in [0.1, 0.15) is 15.9 Å². The van der Waals surface area contributed by atoms with Gasteiger partial charge in [-0.1, -0.05) is 41.9 Å². The van der Waals surface area contributed by atoms with Crippen molar-refractivity contribution in [2.24, 2.45) is 0 Å². The van der Waals surface area contributed by atoms with Crippen molar-refractivity contribution in [3.05, 3.63) is 58.6 Å². The number of aromatic carboxylic acids is 1. The fourth-order valence-corrected chi connectivity index (χ4v) is 2.05. The highest BCUT2D eigenvalue weighted by Crippen LogP contribution is 2.31. The molecule has 0 atom stereocenters. The molecule has 0 unspecified atom stereocenters. The first kappa shape index (κ1) is 11.7. The molecule has 0 aromatic heterocycles. The largest absolute Gasteiger partial charge is 0.478 e.